The maximum Gasteiger partial charge on any atom is 0.206 e. The van der Waals surface area contributed by atoms with Gasteiger partial charge in [0.1, 0.15) is 0 Å². The Morgan fingerprint density at radius 3 is 2.05 bits per heavy atom. The minimum Gasteiger partial charge on any atom is -0.353 e. The van der Waals surface area contributed by atoms with Crippen LogP contribution < -0.4 is 20.0 Å². The molecule has 1 aromatic rings. The second kappa shape index (κ2) is 6.36. The fourth-order valence-electron chi connectivity index (χ4n) is 3.86. The molecule has 3 saturated heterocycles. The summed E-state index contributed by atoms with van der Waals surface area (Å²) in [4.78, 5) is 16.1. The summed E-state index contributed by atoms with van der Waals surface area (Å²) in [7, 11) is 0. The maximum absolute atomic E-state index is 5.03. The van der Waals surface area contributed by atoms with Gasteiger partial charge in [-0.1, -0.05) is 0 Å². The van der Waals surface area contributed by atoms with Crippen molar-refractivity contribution in [1.82, 2.24) is 15.3 Å². The van der Waals surface area contributed by atoms with Crippen molar-refractivity contribution in [3.8, 4) is 0 Å². The van der Waals surface area contributed by atoms with Gasteiger partial charge in [0.05, 0.1) is 0 Å². The molecule has 0 atom stereocenters. The molecule has 2 N–H and O–H groups in total. The van der Waals surface area contributed by atoms with Crippen molar-refractivity contribution in [1.29, 1.82) is 0 Å². The maximum atomic E-state index is 5.03. The third-order valence-electron chi connectivity index (χ3n) is 5.15. The Kier molecular flexibility index (Phi) is 4.10. The van der Waals surface area contributed by atoms with E-state index < -0.39 is 0 Å². The largest absolute Gasteiger partial charge is 0.353 e. The van der Waals surface area contributed by atoms with Crippen LogP contribution in [0, 0.1) is 0 Å². The van der Waals surface area contributed by atoms with E-state index in [0.717, 1.165) is 58.3 Å². The summed E-state index contributed by atoms with van der Waals surface area (Å²) in [6, 6.07) is 0. The molecule has 0 bridgehead atoms. The van der Waals surface area contributed by atoms with E-state index in [4.69, 9.17) is 4.98 Å². The Morgan fingerprint density at radius 2 is 1.32 bits per heavy atom. The fourth-order valence-corrected chi connectivity index (χ4v) is 3.86. The molecule has 1 aromatic heterocycles. The highest BCUT2D eigenvalue weighted by Crippen LogP contribution is 2.33. The van der Waals surface area contributed by atoms with Gasteiger partial charge in [0.15, 0.2) is 11.6 Å². The van der Waals surface area contributed by atoms with Crippen LogP contribution >= 0.6 is 0 Å². The van der Waals surface area contributed by atoms with E-state index in [-0.39, 0.29) is 0 Å². The number of hydrogen-bond donors (Lipinski definition) is 2. The molecule has 0 unspecified atom stereocenters. The van der Waals surface area contributed by atoms with E-state index in [2.05, 4.69) is 25.0 Å². The van der Waals surface area contributed by atoms with Gasteiger partial charge in [-0.2, -0.15) is 4.98 Å². The number of anilines is 3. The van der Waals surface area contributed by atoms with Gasteiger partial charge in [-0.05, 0) is 32.1 Å². The van der Waals surface area contributed by atoms with Gasteiger partial charge in [0, 0.05) is 52.4 Å². The van der Waals surface area contributed by atoms with Gasteiger partial charge in [0.25, 0.3) is 0 Å². The summed E-state index contributed by atoms with van der Waals surface area (Å²) in [5, 5.41) is 3.44. The van der Waals surface area contributed by atoms with Gasteiger partial charge in [-0.3, -0.25) is 0 Å². The first-order valence-corrected chi connectivity index (χ1v) is 8.97. The van der Waals surface area contributed by atoms with Crippen molar-refractivity contribution < 1.29 is 0 Å². The van der Waals surface area contributed by atoms with Crippen molar-refractivity contribution in [2.75, 3.05) is 67.1 Å². The Labute approximate surface area is 132 Å². The lowest BCUT2D eigenvalue weighted by Gasteiger charge is -2.30. The quantitative estimate of drug-likeness (QED) is 0.884. The molecule has 0 aromatic carbocycles. The monoisotopic (exact) mass is 304 g/mol. The normalized spacial score (nSPS) is 23.4. The van der Waals surface area contributed by atoms with Crippen LogP contribution in [-0.4, -0.2) is 62.3 Å². The SMILES string of the molecule is C1CCN(c2nc(N3CCCC3)c(N3CCNCC3)[nH]2)CC1. The molecule has 0 saturated carbocycles. The lowest BCUT2D eigenvalue weighted by molar-refractivity contribution is 0.568. The number of piperidine rings is 1. The van der Waals surface area contributed by atoms with Crippen LogP contribution in [0.1, 0.15) is 32.1 Å². The molecular weight excluding hydrogens is 276 g/mol. The molecule has 6 heteroatoms. The number of nitrogens with one attached hydrogen (secondary N) is 2. The first-order chi connectivity index (χ1) is 10.9. The van der Waals surface area contributed by atoms with Gasteiger partial charge in [-0.25, -0.2) is 0 Å². The predicted octanol–water partition coefficient (Wildman–Crippen LogP) is 1.41. The number of aromatic nitrogens is 2. The molecule has 4 heterocycles. The lowest BCUT2D eigenvalue weighted by atomic mass is 10.1. The molecule has 0 amide bonds. The fraction of sp³-hybridized carbons (Fsp3) is 0.812. The number of imidazole rings is 1. The zero-order valence-corrected chi connectivity index (χ0v) is 13.5. The average molecular weight is 304 g/mol. The highest BCUT2D eigenvalue weighted by molar-refractivity contribution is 5.68. The summed E-state index contributed by atoms with van der Waals surface area (Å²) >= 11 is 0. The molecule has 3 fully saturated rings. The molecule has 22 heavy (non-hydrogen) atoms. The highest BCUT2D eigenvalue weighted by atomic mass is 15.4. The average Bonchev–Trinajstić information content (AvgIpc) is 3.26. The highest BCUT2D eigenvalue weighted by Gasteiger charge is 2.26. The first kappa shape index (κ1) is 14.2. The number of hydrogen-bond acceptors (Lipinski definition) is 5. The smallest absolute Gasteiger partial charge is 0.206 e. The number of rotatable bonds is 3. The first-order valence-electron chi connectivity index (χ1n) is 8.97. The molecule has 3 aliphatic heterocycles. The van der Waals surface area contributed by atoms with Gasteiger partial charge in [0.2, 0.25) is 5.95 Å². The van der Waals surface area contributed by atoms with E-state index in [0.29, 0.717) is 0 Å². The van der Waals surface area contributed by atoms with E-state index in [1.165, 1.54) is 43.7 Å². The summed E-state index contributed by atoms with van der Waals surface area (Å²) < 4.78 is 0. The molecule has 0 radical (unpaired) electrons. The van der Waals surface area contributed by atoms with Crippen LogP contribution in [0.3, 0.4) is 0 Å². The number of aromatic amines is 1. The van der Waals surface area contributed by atoms with Crippen molar-refractivity contribution in [3.63, 3.8) is 0 Å². The van der Waals surface area contributed by atoms with Crippen LogP contribution in [0.2, 0.25) is 0 Å². The van der Waals surface area contributed by atoms with Crippen molar-refractivity contribution in [3.05, 3.63) is 0 Å². The Balaban J connectivity index is 1.62. The van der Waals surface area contributed by atoms with E-state index >= 15 is 0 Å². The summed E-state index contributed by atoms with van der Waals surface area (Å²) in [5.41, 5.74) is 0. The lowest BCUT2D eigenvalue weighted by Crippen LogP contribution is -2.44. The zero-order valence-electron chi connectivity index (χ0n) is 13.5. The molecule has 122 valence electrons. The minimum atomic E-state index is 1.07. The summed E-state index contributed by atoms with van der Waals surface area (Å²) in [6.07, 6.45) is 6.55. The number of H-pyrrole nitrogens is 1. The molecular formula is C16H28N6. The summed E-state index contributed by atoms with van der Waals surface area (Å²) in [5.74, 6) is 3.54. The minimum absolute atomic E-state index is 1.07. The van der Waals surface area contributed by atoms with Gasteiger partial charge < -0.3 is 25.0 Å². The van der Waals surface area contributed by atoms with Gasteiger partial charge in [-0.15, -0.1) is 0 Å². The third-order valence-corrected chi connectivity index (χ3v) is 5.15. The number of piperazine rings is 1. The predicted molar refractivity (Wildman–Crippen MR) is 91.2 cm³/mol. The molecule has 3 aliphatic rings. The molecule has 0 aliphatic carbocycles. The van der Waals surface area contributed by atoms with E-state index in [9.17, 15) is 0 Å². The third kappa shape index (κ3) is 2.76. The van der Waals surface area contributed by atoms with Crippen molar-refractivity contribution >= 4 is 17.6 Å². The van der Waals surface area contributed by atoms with Crippen LogP contribution in [-0.2, 0) is 0 Å². The van der Waals surface area contributed by atoms with Crippen LogP contribution in [0.15, 0.2) is 0 Å². The van der Waals surface area contributed by atoms with Crippen LogP contribution in [0.5, 0.6) is 0 Å². The van der Waals surface area contributed by atoms with Crippen LogP contribution in [0.25, 0.3) is 0 Å². The number of nitrogens with zero attached hydrogens (tertiary/aromatic N) is 4. The van der Waals surface area contributed by atoms with E-state index in [1.54, 1.807) is 0 Å². The van der Waals surface area contributed by atoms with Gasteiger partial charge >= 0.3 is 0 Å². The second-order valence-electron chi connectivity index (χ2n) is 6.71. The van der Waals surface area contributed by atoms with Crippen molar-refractivity contribution in [2.45, 2.75) is 32.1 Å². The topological polar surface area (TPSA) is 50.4 Å². The Hall–Kier alpha value is -1.43. The summed E-state index contributed by atoms with van der Waals surface area (Å²) in [6.45, 7) is 8.88. The van der Waals surface area contributed by atoms with Crippen molar-refractivity contribution in [2.24, 2.45) is 0 Å². The Morgan fingerprint density at radius 1 is 0.682 bits per heavy atom. The zero-order chi connectivity index (χ0) is 14.8. The van der Waals surface area contributed by atoms with E-state index in [1.807, 2.05) is 0 Å². The van der Waals surface area contributed by atoms with Crippen LogP contribution in [0.4, 0.5) is 17.6 Å². The molecule has 6 nitrogen and oxygen atoms in total. The molecule has 4 rings (SSSR count). The second-order valence-corrected chi connectivity index (χ2v) is 6.71. The molecule has 0 spiro atoms. The standard InChI is InChI=1S/C16H28N6/c1-2-10-22(11-3-1)16-18-14(20-8-4-5-9-20)15(19-16)21-12-6-17-7-13-21/h17H,1-13H2,(H,18,19). The Bertz CT molecular complexity index is 481.